The zero-order valence-electron chi connectivity index (χ0n) is 7.23. The minimum absolute atomic E-state index is 0.412. The molecule has 0 unspecified atom stereocenters. The van der Waals surface area contributed by atoms with E-state index in [0.717, 1.165) is 12.8 Å². The molecular weight excluding hydrogens is 136 g/mol. The number of carbonyl (C=O) groups excluding carboxylic acids is 1. The highest BCUT2D eigenvalue weighted by atomic mass is 16.1. The van der Waals surface area contributed by atoms with E-state index in [0.29, 0.717) is 17.1 Å². The van der Waals surface area contributed by atoms with Gasteiger partial charge in [0.25, 0.3) is 0 Å². The summed E-state index contributed by atoms with van der Waals surface area (Å²) in [6.07, 6.45) is 7.06. The van der Waals surface area contributed by atoms with Crippen LogP contribution in [0, 0.1) is 11.3 Å². The Morgan fingerprint density at radius 1 is 1.36 bits per heavy atom. The molecule has 1 heteroatoms. The van der Waals surface area contributed by atoms with Crippen LogP contribution in [0.2, 0.25) is 0 Å². The maximum absolute atomic E-state index is 11.5. The second-order valence-electron chi connectivity index (χ2n) is 4.42. The number of Topliss-reactive ketones (excluding diaryl/α,β-unsaturated/α-hetero) is 1. The van der Waals surface area contributed by atoms with Gasteiger partial charge in [0.2, 0.25) is 0 Å². The van der Waals surface area contributed by atoms with Crippen molar-refractivity contribution in [1.29, 1.82) is 0 Å². The van der Waals surface area contributed by atoms with E-state index in [4.69, 9.17) is 0 Å². The van der Waals surface area contributed by atoms with Crippen molar-refractivity contribution < 1.29 is 4.79 Å². The lowest BCUT2D eigenvalue weighted by Gasteiger charge is -2.34. The fourth-order valence-electron chi connectivity index (χ4n) is 2.92. The Bertz CT molecular complexity index is 185. The van der Waals surface area contributed by atoms with Crippen molar-refractivity contribution in [3.8, 4) is 0 Å². The lowest BCUT2D eigenvalue weighted by molar-refractivity contribution is -0.128. The van der Waals surface area contributed by atoms with Crippen molar-refractivity contribution in [3.63, 3.8) is 0 Å². The monoisotopic (exact) mass is 152 g/mol. The molecule has 11 heavy (non-hydrogen) atoms. The Labute approximate surface area is 68.2 Å². The lowest BCUT2D eigenvalue weighted by Crippen LogP contribution is -2.32. The Hall–Kier alpha value is -0.330. The topological polar surface area (TPSA) is 17.1 Å². The molecule has 0 bridgehead atoms. The highest BCUT2D eigenvalue weighted by Crippen LogP contribution is 2.50. The molecule has 0 amide bonds. The third-order valence-corrected chi connectivity index (χ3v) is 3.64. The zero-order valence-corrected chi connectivity index (χ0v) is 7.23. The van der Waals surface area contributed by atoms with Crippen LogP contribution < -0.4 is 0 Å². The first-order chi connectivity index (χ1) is 5.22. The molecule has 0 aliphatic heterocycles. The largest absolute Gasteiger partial charge is 0.299 e. The van der Waals surface area contributed by atoms with E-state index in [1.807, 2.05) is 0 Å². The van der Waals surface area contributed by atoms with Crippen LogP contribution in [0.4, 0.5) is 0 Å². The minimum atomic E-state index is 0.412. The second-order valence-corrected chi connectivity index (χ2v) is 4.42. The fraction of sp³-hybridized carbons (Fsp3) is 0.900. The van der Waals surface area contributed by atoms with E-state index >= 15 is 0 Å². The Morgan fingerprint density at radius 3 is 2.82 bits per heavy atom. The maximum Gasteiger partial charge on any atom is 0.136 e. The molecule has 1 nitrogen and oxygen atoms in total. The van der Waals surface area contributed by atoms with Crippen LogP contribution in [0.1, 0.15) is 45.4 Å². The van der Waals surface area contributed by atoms with E-state index in [1.54, 1.807) is 0 Å². The number of ketones is 1. The number of carbonyl (C=O) groups is 1. The summed E-state index contributed by atoms with van der Waals surface area (Å²) in [5.41, 5.74) is 0.412. The molecule has 2 saturated carbocycles. The van der Waals surface area contributed by atoms with Gasteiger partial charge in [0, 0.05) is 12.3 Å². The molecule has 62 valence electrons. The Kier molecular flexibility index (Phi) is 1.55. The van der Waals surface area contributed by atoms with Crippen molar-refractivity contribution in [2.75, 3.05) is 0 Å². The molecule has 2 fully saturated rings. The van der Waals surface area contributed by atoms with E-state index in [2.05, 4.69) is 6.92 Å². The van der Waals surface area contributed by atoms with Crippen LogP contribution >= 0.6 is 0 Å². The van der Waals surface area contributed by atoms with Gasteiger partial charge in [-0.1, -0.05) is 13.3 Å². The molecule has 0 aromatic rings. The first-order valence-electron chi connectivity index (χ1n) is 4.75. The second kappa shape index (κ2) is 2.33. The number of fused-ring (bicyclic) bond motifs is 1. The van der Waals surface area contributed by atoms with E-state index in [-0.39, 0.29) is 0 Å². The summed E-state index contributed by atoms with van der Waals surface area (Å²) in [5.74, 6) is 0.993. The summed E-state index contributed by atoms with van der Waals surface area (Å²) < 4.78 is 0. The molecule has 0 radical (unpaired) electrons. The third kappa shape index (κ3) is 1.02. The number of rotatable bonds is 0. The first-order valence-corrected chi connectivity index (χ1v) is 4.75. The number of hydrogen-bond acceptors (Lipinski definition) is 1. The molecule has 0 N–H and O–H groups in total. The molecule has 0 saturated heterocycles. The highest BCUT2D eigenvalue weighted by Gasteiger charge is 2.44. The van der Waals surface area contributed by atoms with Gasteiger partial charge in [-0.05, 0) is 31.1 Å². The number of hydrogen-bond donors (Lipinski definition) is 0. The molecule has 0 aromatic carbocycles. The van der Waals surface area contributed by atoms with Crippen LogP contribution in [-0.2, 0) is 4.79 Å². The molecular formula is C10H16O. The van der Waals surface area contributed by atoms with Crippen molar-refractivity contribution in [1.82, 2.24) is 0 Å². The van der Waals surface area contributed by atoms with Gasteiger partial charge >= 0.3 is 0 Å². The molecule has 2 aliphatic carbocycles. The van der Waals surface area contributed by atoms with Gasteiger partial charge in [0.15, 0.2) is 0 Å². The first kappa shape index (κ1) is 7.33. The molecule has 0 spiro atoms. The van der Waals surface area contributed by atoms with Crippen LogP contribution in [-0.4, -0.2) is 5.78 Å². The van der Waals surface area contributed by atoms with Gasteiger partial charge in [-0.3, -0.25) is 4.79 Å². The van der Waals surface area contributed by atoms with Gasteiger partial charge in [-0.15, -0.1) is 0 Å². The van der Waals surface area contributed by atoms with Crippen molar-refractivity contribution >= 4 is 5.78 Å². The summed E-state index contributed by atoms with van der Waals surface area (Å²) in [6.45, 7) is 2.31. The van der Waals surface area contributed by atoms with Gasteiger partial charge < -0.3 is 0 Å². The summed E-state index contributed by atoms with van der Waals surface area (Å²) in [4.78, 5) is 11.5. The summed E-state index contributed by atoms with van der Waals surface area (Å²) in [6, 6.07) is 0. The predicted octanol–water partition coefficient (Wildman–Crippen LogP) is 2.55. The van der Waals surface area contributed by atoms with Crippen molar-refractivity contribution in [2.45, 2.75) is 45.4 Å². The molecule has 0 aromatic heterocycles. The van der Waals surface area contributed by atoms with Crippen molar-refractivity contribution in [3.05, 3.63) is 0 Å². The molecule has 2 aliphatic rings. The smallest absolute Gasteiger partial charge is 0.136 e. The summed E-state index contributed by atoms with van der Waals surface area (Å²) >= 11 is 0. The third-order valence-electron chi connectivity index (χ3n) is 3.64. The van der Waals surface area contributed by atoms with E-state index in [9.17, 15) is 4.79 Å². The van der Waals surface area contributed by atoms with Gasteiger partial charge in [0.05, 0.1) is 0 Å². The fourth-order valence-corrected chi connectivity index (χ4v) is 2.92. The van der Waals surface area contributed by atoms with Gasteiger partial charge in [-0.2, -0.15) is 0 Å². The van der Waals surface area contributed by atoms with Crippen molar-refractivity contribution in [2.24, 2.45) is 11.3 Å². The zero-order chi connectivity index (χ0) is 7.90. The standard InChI is InChI=1S/C10H16O/c1-10-6-2-4-8(10)9(11)5-3-7-10/h8H,2-7H2,1H3/t8-,10+/m0/s1. The van der Waals surface area contributed by atoms with Crippen LogP contribution in [0.15, 0.2) is 0 Å². The van der Waals surface area contributed by atoms with E-state index in [1.165, 1.54) is 25.7 Å². The predicted molar refractivity (Wildman–Crippen MR) is 44.3 cm³/mol. The Balaban J connectivity index is 2.22. The van der Waals surface area contributed by atoms with Crippen LogP contribution in [0.3, 0.4) is 0 Å². The highest BCUT2D eigenvalue weighted by molar-refractivity contribution is 5.82. The average molecular weight is 152 g/mol. The molecule has 2 atom stereocenters. The normalized spacial score (nSPS) is 44.1. The van der Waals surface area contributed by atoms with Crippen LogP contribution in [0.5, 0.6) is 0 Å². The lowest BCUT2D eigenvalue weighted by atomic mass is 9.69. The molecule has 0 heterocycles. The molecule has 2 rings (SSSR count). The quantitative estimate of drug-likeness (QED) is 0.521. The van der Waals surface area contributed by atoms with Gasteiger partial charge in [0.1, 0.15) is 5.78 Å². The van der Waals surface area contributed by atoms with Crippen LogP contribution in [0.25, 0.3) is 0 Å². The Morgan fingerprint density at radius 2 is 2.09 bits per heavy atom. The maximum atomic E-state index is 11.5. The van der Waals surface area contributed by atoms with Gasteiger partial charge in [-0.25, -0.2) is 0 Å². The summed E-state index contributed by atoms with van der Waals surface area (Å²) in [7, 11) is 0. The average Bonchev–Trinajstić information content (AvgIpc) is 2.31. The SMILES string of the molecule is C[C@@]12CCCC(=O)[C@@H]1CCC2. The summed E-state index contributed by atoms with van der Waals surface area (Å²) in [5, 5.41) is 0. The minimum Gasteiger partial charge on any atom is -0.299 e. The van der Waals surface area contributed by atoms with E-state index < -0.39 is 0 Å².